The number of carbonyl (C=O) groups is 2. The van der Waals surface area contributed by atoms with Crippen molar-refractivity contribution in [1.29, 1.82) is 0 Å². The molecule has 16 heavy (non-hydrogen) atoms. The predicted octanol–water partition coefficient (Wildman–Crippen LogP) is 0.507. The van der Waals surface area contributed by atoms with E-state index in [1.165, 1.54) is 25.1 Å². The summed E-state index contributed by atoms with van der Waals surface area (Å²) in [5, 5.41) is 9.15. The van der Waals surface area contributed by atoms with Crippen LogP contribution < -0.4 is 0 Å². The van der Waals surface area contributed by atoms with E-state index in [0.717, 1.165) is 0 Å². The molecule has 1 aromatic heterocycles. The van der Waals surface area contributed by atoms with E-state index >= 15 is 0 Å². The molecule has 1 unspecified atom stereocenters. The third kappa shape index (κ3) is 2.21. The van der Waals surface area contributed by atoms with Gasteiger partial charge in [0.25, 0.3) is 0 Å². The highest BCUT2D eigenvalue weighted by Crippen LogP contribution is 2.19. The van der Waals surface area contributed by atoms with E-state index in [0.29, 0.717) is 12.2 Å². The minimum atomic E-state index is -1.06. The van der Waals surface area contributed by atoms with E-state index in [4.69, 9.17) is 5.11 Å². The number of hydrogen-bond acceptors (Lipinski definition) is 3. The zero-order valence-corrected chi connectivity index (χ0v) is 9.54. The number of aromatic nitrogens is 2. The van der Waals surface area contributed by atoms with Gasteiger partial charge in [-0.05, 0) is 6.92 Å². The summed E-state index contributed by atoms with van der Waals surface area (Å²) in [6, 6.07) is -0.986. The summed E-state index contributed by atoms with van der Waals surface area (Å²) in [6.45, 7) is 3.84. The molecule has 0 aliphatic carbocycles. The Labute approximate surface area is 93.5 Å². The number of aryl methyl sites for hydroxylation is 1. The van der Waals surface area contributed by atoms with Crippen molar-refractivity contribution >= 4 is 11.9 Å². The highest BCUT2D eigenvalue weighted by Gasteiger charge is 2.29. The quantitative estimate of drug-likeness (QED) is 0.810. The number of carbonyl (C=O) groups excluding carboxylic acids is 1. The van der Waals surface area contributed by atoms with E-state index in [2.05, 4.69) is 4.98 Å². The lowest BCUT2D eigenvalue weighted by Gasteiger charge is -2.24. The number of nitrogens with zero attached hydrogens (tertiary/aromatic N) is 3. The summed E-state index contributed by atoms with van der Waals surface area (Å²) < 4.78 is 1.71. The first-order valence-corrected chi connectivity index (χ1v) is 4.95. The molecule has 0 spiro atoms. The van der Waals surface area contributed by atoms with Crippen molar-refractivity contribution < 1.29 is 14.7 Å². The van der Waals surface area contributed by atoms with Crippen LogP contribution in [-0.2, 0) is 16.1 Å². The van der Waals surface area contributed by atoms with Crippen molar-refractivity contribution in [3.8, 4) is 0 Å². The molecular weight excluding hydrogens is 210 g/mol. The molecule has 0 aliphatic heterocycles. The van der Waals surface area contributed by atoms with Crippen LogP contribution in [-0.4, -0.2) is 38.5 Å². The van der Waals surface area contributed by atoms with E-state index in [9.17, 15) is 9.59 Å². The molecule has 1 atom stereocenters. The van der Waals surface area contributed by atoms with Gasteiger partial charge in [-0.2, -0.15) is 0 Å². The van der Waals surface area contributed by atoms with Gasteiger partial charge in [0.05, 0.1) is 18.2 Å². The standard InChI is InChI=1S/C10H15N3O3/c1-4-13-6-11-5-8(13)9(10(15)16)12(3)7(2)14/h5-6,9H,4H2,1-3H3,(H,15,16). The topological polar surface area (TPSA) is 75.4 Å². The molecule has 0 saturated carbocycles. The fraction of sp³-hybridized carbons (Fsp3) is 0.500. The molecule has 1 aromatic rings. The zero-order valence-electron chi connectivity index (χ0n) is 9.54. The van der Waals surface area contributed by atoms with Gasteiger partial charge >= 0.3 is 5.97 Å². The molecule has 88 valence electrons. The third-order valence-corrected chi connectivity index (χ3v) is 2.48. The molecule has 6 nitrogen and oxygen atoms in total. The molecule has 0 aromatic carbocycles. The second-order valence-corrected chi connectivity index (χ2v) is 3.48. The van der Waals surface area contributed by atoms with Crippen molar-refractivity contribution in [2.45, 2.75) is 26.4 Å². The minimum absolute atomic E-state index is 0.295. The van der Waals surface area contributed by atoms with Gasteiger partial charge in [-0.1, -0.05) is 0 Å². The Kier molecular flexibility index (Phi) is 3.65. The van der Waals surface area contributed by atoms with Crippen LogP contribution in [0.25, 0.3) is 0 Å². The summed E-state index contributed by atoms with van der Waals surface area (Å²) in [6.07, 6.45) is 3.03. The fourth-order valence-corrected chi connectivity index (χ4v) is 1.50. The van der Waals surface area contributed by atoms with E-state index < -0.39 is 12.0 Å². The number of imidazole rings is 1. The summed E-state index contributed by atoms with van der Waals surface area (Å²) >= 11 is 0. The Balaban J connectivity index is 3.12. The van der Waals surface area contributed by atoms with E-state index in [-0.39, 0.29) is 5.91 Å². The Bertz CT molecular complexity index is 400. The van der Waals surface area contributed by atoms with Gasteiger partial charge in [0.15, 0.2) is 6.04 Å². The maximum absolute atomic E-state index is 11.2. The summed E-state index contributed by atoms with van der Waals surface area (Å²) in [5.41, 5.74) is 0.507. The van der Waals surface area contributed by atoms with Crippen LogP contribution >= 0.6 is 0 Å². The van der Waals surface area contributed by atoms with E-state index in [1.807, 2.05) is 6.92 Å². The summed E-state index contributed by atoms with van der Waals surface area (Å²) in [4.78, 5) is 27.5. The van der Waals surface area contributed by atoms with Gasteiger partial charge in [-0.15, -0.1) is 0 Å². The van der Waals surface area contributed by atoms with Crippen LogP contribution in [0.15, 0.2) is 12.5 Å². The number of carboxylic acids is 1. The third-order valence-electron chi connectivity index (χ3n) is 2.48. The van der Waals surface area contributed by atoms with Crippen molar-refractivity contribution in [1.82, 2.24) is 14.5 Å². The molecule has 1 N–H and O–H groups in total. The average molecular weight is 225 g/mol. The normalized spacial score (nSPS) is 12.2. The molecule has 1 rings (SSSR count). The zero-order chi connectivity index (χ0) is 12.3. The average Bonchev–Trinajstić information content (AvgIpc) is 2.65. The van der Waals surface area contributed by atoms with Gasteiger partial charge < -0.3 is 14.6 Å². The van der Waals surface area contributed by atoms with Crippen molar-refractivity contribution in [2.24, 2.45) is 0 Å². The number of hydrogen-bond donors (Lipinski definition) is 1. The van der Waals surface area contributed by atoms with Gasteiger partial charge in [0.1, 0.15) is 0 Å². The van der Waals surface area contributed by atoms with Crippen molar-refractivity contribution in [3.05, 3.63) is 18.2 Å². The van der Waals surface area contributed by atoms with Crippen molar-refractivity contribution in [3.63, 3.8) is 0 Å². The lowest BCUT2D eigenvalue weighted by Crippen LogP contribution is -2.35. The first-order valence-electron chi connectivity index (χ1n) is 4.95. The number of amides is 1. The first kappa shape index (κ1) is 12.2. The fourth-order valence-electron chi connectivity index (χ4n) is 1.50. The lowest BCUT2D eigenvalue weighted by molar-refractivity contribution is -0.148. The molecule has 0 radical (unpaired) electrons. The summed E-state index contributed by atoms with van der Waals surface area (Å²) in [7, 11) is 1.47. The van der Waals surface area contributed by atoms with Crippen molar-refractivity contribution in [2.75, 3.05) is 7.05 Å². The monoisotopic (exact) mass is 225 g/mol. The summed E-state index contributed by atoms with van der Waals surface area (Å²) in [5.74, 6) is -1.36. The molecule has 0 aliphatic rings. The number of carboxylic acid groups (broad SMARTS) is 1. The van der Waals surface area contributed by atoms with Gasteiger partial charge in [0.2, 0.25) is 5.91 Å². The molecule has 6 heteroatoms. The number of rotatable bonds is 4. The Morgan fingerprint density at radius 2 is 2.25 bits per heavy atom. The van der Waals surface area contributed by atoms with E-state index in [1.54, 1.807) is 10.9 Å². The van der Waals surface area contributed by atoms with Crippen LogP contribution in [0, 0.1) is 0 Å². The molecule has 0 bridgehead atoms. The molecule has 0 saturated heterocycles. The van der Waals surface area contributed by atoms with Crippen LogP contribution in [0.5, 0.6) is 0 Å². The molecule has 1 heterocycles. The Morgan fingerprint density at radius 3 is 2.69 bits per heavy atom. The lowest BCUT2D eigenvalue weighted by atomic mass is 10.2. The Hall–Kier alpha value is -1.85. The highest BCUT2D eigenvalue weighted by molar-refractivity contribution is 5.82. The maximum atomic E-state index is 11.2. The Morgan fingerprint density at radius 1 is 1.62 bits per heavy atom. The van der Waals surface area contributed by atoms with Gasteiger partial charge in [0, 0.05) is 20.5 Å². The predicted molar refractivity (Wildman–Crippen MR) is 56.7 cm³/mol. The van der Waals surface area contributed by atoms with Gasteiger partial charge in [-0.3, -0.25) is 4.79 Å². The first-order chi connectivity index (χ1) is 7.49. The SMILES string of the molecule is CCn1cncc1C(C(=O)O)N(C)C(C)=O. The van der Waals surface area contributed by atoms with Crippen LogP contribution in [0.3, 0.4) is 0 Å². The number of likely N-dealkylation sites (N-methyl/N-ethyl adjacent to an activating group) is 1. The molecule has 0 fully saturated rings. The largest absolute Gasteiger partial charge is 0.479 e. The second kappa shape index (κ2) is 4.78. The van der Waals surface area contributed by atoms with Crippen LogP contribution in [0.2, 0.25) is 0 Å². The minimum Gasteiger partial charge on any atom is -0.479 e. The van der Waals surface area contributed by atoms with Crippen LogP contribution in [0.1, 0.15) is 25.6 Å². The smallest absolute Gasteiger partial charge is 0.332 e. The number of aliphatic carboxylic acids is 1. The van der Waals surface area contributed by atoms with Gasteiger partial charge in [-0.25, -0.2) is 9.78 Å². The maximum Gasteiger partial charge on any atom is 0.332 e. The second-order valence-electron chi connectivity index (χ2n) is 3.48. The molecule has 1 amide bonds. The molecular formula is C10H15N3O3. The van der Waals surface area contributed by atoms with Crippen LogP contribution in [0.4, 0.5) is 0 Å². The highest BCUT2D eigenvalue weighted by atomic mass is 16.4.